The molecule has 0 amide bonds. The summed E-state index contributed by atoms with van der Waals surface area (Å²) in [6.07, 6.45) is 7.24. The normalized spacial score (nSPS) is 24.0. The smallest absolute Gasteiger partial charge is 0.331 e. The number of esters is 1. The van der Waals surface area contributed by atoms with Crippen LogP contribution in [0.25, 0.3) is 0 Å². The molecule has 24 heavy (non-hydrogen) atoms. The van der Waals surface area contributed by atoms with Gasteiger partial charge in [-0.2, -0.15) is 0 Å². The standard InChI is InChI=1S/C20H31IO3/c1-7-9-13(3)11-15(5)19(23-17(22)12-16(6)21)20-18(24-20)14(4)10-8-2/h7,12,14-15,18-20H,1,3,8-11H2,2,4-6H3/b16-12+/t14-,15-,18-,19+,20+/m0/s1. The maximum Gasteiger partial charge on any atom is 0.331 e. The van der Waals surface area contributed by atoms with Crippen molar-refractivity contribution in [2.45, 2.75) is 71.7 Å². The first-order chi connectivity index (χ1) is 11.3. The molecule has 0 aromatic carbocycles. The topological polar surface area (TPSA) is 38.8 Å². The van der Waals surface area contributed by atoms with Crippen molar-refractivity contribution in [3.05, 3.63) is 34.5 Å². The average molecular weight is 446 g/mol. The first-order valence-electron chi connectivity index (χ1n) is 8.77. The molecule has 1 saturated heterocycles. The molecule has 3 nitrogen and oxygen atoms in total. The summed E-state index contributed by atoms with van der Waals surface area (Å²) < 4.78 is 12.6. The van der Waals surface area contributed by atoms with Crippen LogP contribution >= 0.6 is 22.6 Å². The number of carbonyl (C=O) groups is 1. The van der Waals surface area contributed by atoms with Gasteiger partial charge < -0.3 is 9.47 Å². The van der Waals surface area contributed by atoms with E-state index in [1.165, 1.54) is 6.08 Å². The molecule has 1 rings (SSSR count). The van der Waals surface area contributed by atoms with Crippen LogP contribution < -0.4 is 0 Å². The highest BCUT2D eigenvalue weighted by Crippen LogP contribution is 2.39. The number of hydrogen-bond acceptors (Lipinski definition) is 3. The summed E-state index contributed by atoms with van der Waals surface area (Å²) >= 11 is 2.12. The van der Waals surface area contributed by atoms with E-state index < -0.39 is 0 Å². The molecule has 136 valence electrons. The van der Waals surface area contributed by atoms with E-state index >= 15 is 0 Å². The summed E-state index contributed by atoms with van der Waals surface area (Å²) in [5.74, 6) is 0.380. The molecule has 0 aliphatic carbocycles. The Bertz CT molecular complexity index is 479. The lowest BCUT2D eigenvalue weighted by atomic mass is 9.89. The van der Waals surface area contributed by atoms with Gasteiger partial charge >= 0.3 is 5.97 Å². The molecule has 0 radical (unpaired) electrons. The second-order valence-electron chi connectivity index (χ2n) is 6.89. The quantitative estimate of drug-likeness (QED) is 0.136. The summed E-state index contributed by atoms with van der Waals surface area (Å²) in [4.78, 5) is 12.1. The lowest BCUT2D eigenvalue weighted by molar-refractivity contribution is -0.146. The van der Waals surface area contributed by atoms with Gasteiger partial charge in [-0.3, -0.25) is 0 Å². The minimum atomic E-state index is -0.287. The van der Waals surface area contributed by atoms with Gasteiger partial charge in [0.2, 0.25) is 0 Å². The zero-order valence-corrected chi connectivity index (χ0v) is 17.5. The summed E-state index contributed by atoms with van der Waals surface area (Å²) in [6, 6.07) is 0. The summed E-state index contributed by atoms with van der Waals surface area (Å²) in [5.41, 5.74) is 1.11. The molecular weight excluding hydrogens is 415 g/mol. The van der Waals surface area contributed by atoms with Crippen LogP contribution in [0.1, 0.15) is 53.4 Å². The predicted molar refractivity (Wildman–Crippen MR) is 108 cm³/mol. The molecule has 5 atom stereocenters. The van der Waals surface area contributed by atoms with Crippen LogP contribution in [0, 0.1) is 11.8 Å². The highest BCUT2D eigenvalue weighted by Gasteiger charge is 2.50. The van der Waals surface area contributed by atoms with E-state index in [4.69, 9.17) is 9.47 Å². The van der Waals surface area contributed by atoms with E-state index in [9.17, 15) is 4.79 Å². The van der Waals surface area contributed by atoms with Crippen molar-refractivity contribution in [2.24, 2.45) is 11.8 Å². The third-order valence-electron chi connectivity index (χ3n) is 4.36. The van der Waals surface area contributed by atoms with Crippen molar-refractivity contribution >= 4 is 28.6 Å². The number of allylic oxidation sites excluding steroid dienone is 3. The van der Waals surface area contributed by atoms with E-state index in [0.717, 1.165) is 34.8 Å². The second-order valence-corrected chi connectivity index (χ2v) is 8.59. The maximum absolute atomic E-state index is 12.1. The fourth-order valence-electron chi connectivity index (χ4n) is 3.17. The van der Waals surface area contributed by atoms with Crippen LogP contribution in [0.2, 0.25) is 0 Å². The number of ether oxygens (including phenoxy) is 2. The third kappa shape index (κ3) is 7.09. The molecule has 0 saturated carbocycles. The molecule has 1 heterocycles. The summed E-state index contributed by atoms with van der Waals surface area (Å²) in [7, 11) is 0. The van der Waals surface area contributed by atoms with Crippen LogP contribution in [-0.2, 0) is 14.3 Å². The first-order valence-corrected chi connectivity index (χ1v) is 9.85. The molecule has 4 heteroatoms. The Morgan fingerprint density at radius 3 is 2.58 bits per heavy atom. The predicted octanol–water partition coefficient (Wildman–Crippen LogP) is 5.60. The number of carbonyl (C=O) groups excluding carboxylic acids is 1. The van der Waals surface area contributed by atoms with Gasteiger partial charge in [-0.1, -0.05) is 45.4 Å². The van der Waals surface area contributed by atoms with E-state index in [2.05, 4.69) is 56.5 Å². The Morgan fingerprint density at radius 2 is 2.04 bits per heavy atom. The molecule has 0 spiro atoms. The second kappa shape index (κ2) is 10.4. The molecule has 0 aromatic heterocycles. The lowest BCUT2D eigenvalue weighted by Crippen LogP contribution is -2.32. The highest BCUT2D eigenvalue weighted by atomic mass is 127. The third-order valence-corrected chi connectivity index (χ3v) is 4.68. The molecule has 1 aliphatic heterocycles. The van der Waals surface area contributed by atoms with Crippen molar-refractivity contribution in [2.75, 3.05) is 0 Å². The minimum absolute atomic E-state index is 0.00458. The zero-order valence-electron chi connectivity index (χ0n) is 15.4. The largest absolute Gasteiger partial charge is 0.456 e. The molecular formula is C20H31IO3. The van der Waals surface area contributed by atoms with Gasteiger partial charge in [0, 0.05) is 6.08 Å². The number of hydrogen-bond donors (Lipinski definition) is 0. The molecule has 0 unspecified atom stereocenters. The van der Waals surface area contributed by atoms with Gasteiger partial charge in [0.15, 0.2) is 0 Å². The van der Waals surface area contributed by atoms with Crippen molar-refractivity contribution in [1.82, 2.24) is 0 Å². The SMILES string of the molecule is C=CCC(=C)C[C@H](C)[C@@H](OC(=O)/C=C(\C)I)[C@@H]1O[C@H]1[C@@H](C)CCC. The Balaban J connectivity index is 2.77. The fraction of sp³-hybridized carbons (Fsp3) is 0.650. The fourth-order valence-corrected chi connectivity index (χ4v) is 3.43. The molecule has 0 bridgehead atoms. The number of halogens is 1. The Kier molecular flexibility index (Phi) is 9.27. The van der Waals surface area contributed by atoms with Gasteiger partial charge in [-0.15, -0.1) is 6.58 Å². The average Bonchev–Trinajstić information content (AvgIpc) is 3.24. The van der Waals surface area contributed by atoms with E-state index in [0.29, 0.717) is 5.92 Å². The monoisotopic (exact) mass is 446 g/mol. The van der Waals surface area contributed by atoms with Crippen molar-refractivity contribution in [3.63, 3.8) is 0 Å². The highest BCUT2D eigenvalue weighted by molar-refractivity contribution is 14.1. The Labute approximate surface area is 160 Å². The summed E-state index contributed by atoms with van der Waals surface area (Å²) in [5, 5.41) is 0. The molecule has 0 aromatic rings. The van der Waals surface area contributed by atoms with Crippen molar-refractivity contribution < 1.29 is 14.3 Å². The maximum atomic E-state index is 12.1. The van der Waals surface area contributed by atoms with Gasteiger partial charge in [-0.05, 0) is 64.2 Å². The molecule has 0 N–H and O–H groups in total. The Morgan fingerprint density at radius 1 is 1.38 bits per heavy atom. The lowest BCUT2D eigenvalue weighted by Gasteiger charge is -2.23. The van der Waals surface area contributed by atoms with Gasteiger partial charge in [0.1, 0.15) is 12.2 Å². The van der Waals surface area contributed by atoms with Gasteiger partial charge in [-0.25, -0.2) is 4.79 Å². The summed E-state index contributed by atoms with van der Waals surface area (Å²) in [6.45, 7) is 16.2. The van der Waals surface area contributed by atoms with E-state index in [-0.39, 0.29) is 30.2 Å². The number of rotatable bonds is 11. The van der Waals surface area contributed by atoms with Gasteiger partial charge in [0.25, 0.3) is 0 Å². The Hall–Kier alpha value is -0.620. The van der Waals surface area contributed by atoms with E-state index in [1.807, 2.05) is 13.0 Å². The van der Waals surface area contributed by atoms with Crippen LogP contribution in [0.15, 0.2) is 34.5 Å². The van der Waals surface area contributed by atoms with E-state index in [1.54, 1.807) is 0 Å². The molecule has 1 aliphatic rings. The molecule has 1 fully saturated rings. The van der Waals surface area contributed by atoms with Crippen LogP contribution in [0.3, 0.4) is 0 Å². The van der Waals surface area contributed by atoms with Crippen molar-refractivity contribution in [1.29, 1.82) is 0 Å². The van der Waals surface area contributed by atoms with Crippen LogP contribution in [0.4, 0.5) is 0 Å². The first kappa shape index (κ1) is 21.4. The number of epoxide rings is 1. The van der Waals surface area contributed by atoms with Crippen molar-refractivity contribution in [3.8, 4) is 0 Å². The minimum Gasteiger partial charge on any atom is -0.456 e. The van der Waals surface area contributed by atoms with Gasteiger partial charge in [0.05, 0.1) is 6.10 Å². The van der Waals surface area contributed by atoms with Crippen LogP contribution in [0.5, 0.6) is 0 Å². The van der Waals surface area contributed by atoms with Crippen LogP contribution in [-0.4, -0.2) is 24.3 Å². The zero-order chi connectivity index (χ0) is 18.3.